The van der Waals surface area contributed by atoms with Crippen LogP contribution in [0.4, 0.5) is 0 Å². The van der Waals surface area contributed by atoms with Crippen molar-refractivity contribution in [3.8, 4) is 0 Å². The van der Waals surface area contributed by atoms with Gasteiger partial charge in [-0.2, -0.15) is 0 Å². The van der Waals surface area contributed by atoms with E-state index in [2.05, 4.69) is 0 Å². The van der Waals surface area contributed by atoms with Crippen molar-refractivity contribution < 1.29 is 9.59 Å². The molecule has 6 nitrogen and oxygen atoms in total. The van der Waals surface area contributed by atoms with Gasteiger partial charge in [-0.05, 0) is 31.9 Å². The van der Waals surface area contributed by atoms with Gasteiger partial charge in [-0.1, -0.05) is 0 Å². The second kappa shape index (κ2) is 4.62. The molecule has 1 aliphatic rings. The van der Waals surface area contributed by atoms with Crippen LogP contribution in [0, 0.1) is 20.8 Å². The lowest BCUT2D eigenvalue weighted by Gasteiger charge is -2.25. The van der Waals surface area contributed by atoms with E-state index in [-0.39, 0.29) is 39.4 Å². The van der Waals surface area contributed by atoms with Crippen LogP contribution in [0.3, 0.4) is 0 Å². The van der Waals surface area contributed by atoms with Crippen LogP contribution < -0.4 is 11.1 Å². The Balaban J connectivity index is 2.56. The number of hydrogen-bond acceptors (Lipinski definition) is 4. The maximum absolute atomic E-state index is 13.0. The molecule has 0 spiro atoms. The minimum Gasteiger partial charge on any atom is -0.308 e. The fourth-order valence-electron chi connectivity index (χ4n) is 3.20. The molecule has 1 aliphatic carbocycles. The molecule has 2 aromatic heterocycles. The average Bonchev–Trinajstić information content (AvgIpc) is 2.49. The molecular weight excluding hydrogens is 296 g/mol. The average molecular weight is 312 g/mol. The Morgan fingerprint density at radius 2 is 1.30 bits per heavy atom. The summed E-state index contributed by atoms with van der Waals surface area (Å²) >= 11 is 0. The summed E-state index contributed by atoms with van der Waals surface area (Å²) in [5.41, 5.74) is 1.34. The van der Waals surface area contributed by atoms with Gasteiger partial charge in [-0.25, -0.2) is 0 Å². The Hall–Kier alpha value is -2.76. The van der Waals surface area contributed by atoms with Crippen LogP contribution in [0.1, 0.15) is 48.8 Å². The molecular formula is C17H16N2O4. The summed E-state index contributed by atoms with van der Waals surface area (Å²) in [5, 5.41) is 0. The predicted molar refractivity (Wildman–Crippen MR) is 84.4 cm³/mol. The molecule has 2 heterocycles. The summed E-state index contributed by atoms with van der Waals surface area (Å²) < 4.78 is 2.37. The fourth-order valence-corrected chi connectivity index (χ4v) is 3.20. The number of aryl methyl sites for hydroxylation is 1. The van der Waals surface area contributed by atoms with E-state index in [4.69, 9.17) is 0 Å². The number of carbonyl (C=O) groups is 2. The van der Waals surface area contributed by atoms with Crippen molar-refractivity contribution in [2.24, 2.45) is 14.1 Å². The van der Waals surface area contributed by atoms with Crippen LogP contribution in [-0.2, 0) is 14.1 Å². The molecule has 0 fully saturated rings. The third-order valence-electron chi connectivity index (χ3n) is 4.66. The minimum absolute atomic E-state index is 0.0470. The van der Waals surface area contributed by atoms with E-state index in [0.29, 0.717) is 16.7 Å². The number of fused-ring (bicyclic) bond motifs is 2. The molecule has 0 N–H and O–H groups in total. The first-order valence-electron chi connectivity index (χ1n) is 7.18. The van der Waals surface area contributed by atoms with Crippen LogP contribution in [-0.4, -0.2) is 20.7 Å². The van der Waals surface area contributed by atoms with Gasteiger partial charge in [-0.15, -0.1) is 0 Å². The van der Waals surface area contributed by atoms with Crippen molar-refractivity contribution >= 4 is 11.6 Å². The highest BCUT2D eigenvalue weighted by Crippen LogP contribution is 2.29. The summed E-state index contributed by atoms with van der Waals surface area (Å²) in [6.45, 7) is 4.95. The number of nitrogens with zero attached hydrogens (tertiary/aromatic N) is 2. The zero-order valence-corrected chi connectivity index (χ0v) is 13.6. The highest BCUT2D eigenvalue weighted by Gasteiger charge is 2.37. The van der Waals surface area contributed by atoms with Gasteiger partial charge in [0.15, 0.2) is 5.78 Å². The molecule has 118 valence electrons. The number of aromatic nitrogens is 2. The second-order valence-corrected chi connectivity index (χ2v) is 5.94. The largest absolute Gasteiger partial charge is 0.308 e. The molecule has 23 heavy (non-hydrogen) atoms. The maximum atomic E-state index is 13.0. The number of rotatable bonds is 0. The molecule has 0 aromatic carbocycles. The van der Waals surface area contributed by atoms with E-state index in [1.807, 2.05) is 0 Å². The van der Waals surface area contributed by atoms with Gasteiger partial charge in [-0.3, -0.25) is 19.2 Å². The molecule has 0 radical (unpaired) electrons. The molecule has 2 aromatic rings. The topological polar surface area (TPSA) is 78.1 Å². The molecule has 0 bridgehead atoms. The number of ketones is 2. The van der Waals surface area contributed by atoms with Crippen molar-refractivity contribution in [1.29, 1.82) is 0 Å². The molecule has 0 saturated carbocycles. The van der Waals surface area contributed by atoms with Crippen LogP contribution >= 0.6 is 0 Å². The van der Waals surface area contributed by atoms with E-state index in [9.17, 15) is 19.2 Å². The Labute approximate surface area is 132 Å². The third-order valence-corrected chi connectivity index (χ3v) is 4.66. The quantitative estimate of drug-likeness (QED) is 0.615. The van der Waals surface area contributed by atoms with Crippen molar-refractivity contribution in [1.82, 2.24) is 9.13 Å². The van der Waals surface area contributed by atoms with Crippen molar-refractivity contribution in [3.63, 3.8) is 0 Å². The Morgan fingerprint density at radius 1 is 0.739 bits per heavy atom. The van der Waals surface area contributed by atoms with Gasteiger partial charge in [0.1, 0.15) is 11.4 Å². The first-order valence-corrected chi connectivity index (χ1v) is 7.18. The Bertz CT molecular complexity index is 1040. The van der Waals surface area contributed by atoms with E-state index < -0.39 is 5.78 Å². The van der Waals surface area contributed by atoms with Crippen LogP contribution in [0.25, 0.3) is 0 Å². The molecule has 0 unspecified atom stereocenters. The number of pyridine rings is 2. The smallest absolute Gasteiger partial charge is 0.254 e. The van der Waals surface area contributed by atoms with Crippen molar-refractivity contribution in [3.05, 3.63) is 66.0 Å². The maximum Gasteiger partial charge on any atom is 0.254 e. The lowest BCUT2D eigenvalue weighted by atomic mass is 9.84. The molecule has 6 heteroatoms. The summed E-state index contributed by atoms with van der Waals surface area (Å²) in [6.07, 6.45) is 0. The first-order chi connectivity index (χ1) is 10.7. The molecule has 3 rings (SSSR count). The fraction of sp³-hybridized carbons (Fsp3) is 0.294. The van der Waals surface area contributed by atoms with Gasteiger partial charge in [0.25, 0.3) is 11.1 Å². The number of carbonyl (C=O) groups excluding carboxylic acids is 2. The van der Waals surface area contributed by atoms with E-state index in [1.165, 1.54) is 29.3 Å². The second-order valence-electron chi connectivity index (χ2n) is 5.94. The summed E-state index contributed by atoms with van der Waals surface area (Å²) in [4.78, 5) is 50.2. The Kier molecular flexibility index (Phi) is 3.04. The lowest BCUT2D eigenvalue weighted by molar-refractivity contribution is 0.0962. The van der Waals surface area contributed by atoms with Gasteiger partial charge < -0.3 is 9.13 Å². The van der Waals surface area contributed by atoms with Crippen LogP contribution in [0.15, 0.2) is 15.7 Å². The van der Waals surface area contributed by atoms with Crippen LogP contribution in [0.2, 0.25) is 0 Å². The molecule has 0 aliphatic heterocycles. The van der Waals surface area contributed by atoms with E-state index in [1.54, 1.807) is 20.8 Å². The van der Waals surface area contributed by atoms with Gasteiger partial charge in [0.05, 0.1) is 11.1 Å². The molecule has 0 atom stereocenters. The Morgan fingerprint density at radius 3 is 1.91 bits per heavy atom. The normalized spacial score (nSPS) is 13.1. The highest BCUT2D eigenvalue weighted by molar-refractivity contribution is 6.28. The zero-order valence-electron chi connectivity index (χ0n) is 13.6. The SMILES string of the molecule is Cc1cc(=O)n(C)c2c1C(=O)c1c(C)c(C)c(=O)n(C)c1C2=O. The number of hydrogen-bond donors (Lipinski definition) is 0. The van der Waals surface area contributed by atoms with Crippen molar-refractivity contribution in [2.45, 2.75) is 20.8 Å². The van der Waals surface area contributed by atoms with Crippen molar-refractivity contribution in [2.75, 3.05) is 0 Å². The van der Waals surface area contributed by atoms with E-state index in [0.717, 1.165) is 0 Å². The highest BCUT2D eigenvalue weighted by atomic mass is 16.2. The van der Waals surface area contributed by atoms with Crippen LogP contribution in [0.5, 0.6) is 0 Å². The summed E-state index contributed by atoms with van der Waals surface area (Å²) in [6, 6.07) is 1.35. The first kappa shape index (κ1) is 15.1. The van der Waals surface area contributed by atoms with Gasteiger partial charge >= 0.3 is 0 Å². The zero-order chi connectivity index (χ0) is 17.2. The van der Waals surface area contributed by atoms with E-state index >= 15 is 0 Å². The summed E-state index contributed by atoms with van der Waals surface area (Å²) in [5.74, 6) is -0.792. The standard InChI is InChI=1S/C17H16N2O4/c1-7-6-10(20)18(4)13-11(7)15(21)12-8(2)9(3)17(23)19(5)14(12)16(13)22/h6H,1-5H3. The minimum atomic E-state index is -0.472. The lowest BCUT2D eigenvalue weighted by Crippen LogP contribution is -2.38. The molecule has 0 amide bonds. The third kappa shape index (κ3) is 1.75. The molecule has 0 saturated heterocycles. The van der Waals surface area contributed by atoms with Gasteiger partial charge in [0, 0.05) is 25.7 Å². The monoisotopic (exact) mass is 312 g/mol. The summed E-state index contributed by atoms with van der Waals surface area (Å²) in [7, 11) is 2.92. The van der Waals surface area contributed by atoms with Gasteiger partial charge in [0.2, 0.25) is 5.78 Å². The predicted octanol–water partition coefficient (Wildman–Crippen LogP) is 0.785.